The smallest absolute Gasteiger partial charge is 0.243 e. The van der Waals surface area contributed by atoms with E-state index in [0.717, 1.165) is 37.0 Å². The molecule has 3 heterocycles. The van der Waals surface area contributed by atoms with Crippen LogP contribution < -0.4 is 0 Å². The summed E-state index contributed by atoms with van der Waals surface area (Å²) in [5.41, 5.74) is 2.48. The summed E-state index contributed by atoms with van der Waals surface area (Å²) in [5, 5.41) is 20.8. The van der Waals surface area contributed by atoms with Gasteiger partial charge >= 0.3 is 0 Å². The lowest BCUT2D eigenvalue weighted by molar-refractivity contribution is -0.124. The molecule has 0 saturated carbocycles. The van der Waals surface area contributed by atoms with Gasteiger partial charge in [0.05, 0.1) is 29.3 Å². The first-order valence-electron chi connectivity index (χ1n) is 18.6. The molecule has 2 bridgehead atoms. The molecule has 3 saturated heterocycles. The highest BCUT2D eigenvalue weighted by Crippen LogP contribution is 2.26. The fraction of sp³-hybridized carbons (Fsp3) is 0.429. The van der Waals surface area contributed by atoms with Gasteiger partial charge in [-0.05, 0) is 53.3 Å². The molecule has 4 aromatic rings. The van der Waals surface area contributed by atoms with Crippen LogP contribution >= 0.6 is 11.9 Å². The minimum atomic E-state index is -3.45. The Balaban J connectivity index is 0.000000186. The maximum absolute atomic E-state index is 12.8. The molecule has 0 aromatic heterocycles. The molecule has 4 aromatic carbocycles. The molecule has 0 amide bonds. The highest BCUT2D eigenvalue weighted by molar-refractivity contribution is 7.97. The van der Waals surface area contributed by atoms with Gasteiger partial charge in [-0.1, -0.05) is 118 Å². The SMILES string of the molecule is CC(C)C.O=S(=O)(c1ccccc1)N1CC2CN(Cc3ccccc3)CC(C1)O2.OC1CN(Cc2ccccc2)CC(O)CN(Sc2ccccc2)C1. The summed E-state index contributed by atoms with van der Waals surface area (Å²) in [5.74, 6) is 0.833. The maximum Gasteiger partial charge on any atom is 0.243 e. The van der Waals surface area contributed by atoms with Gasteiger partial charge in [-0.15, -0.1) is 0 Å². The highest BCUT2D eigenvalue weighted by Gasteiger charge is 2.39. The van der Waals surface area contributed by atoms with Crippen molar-refractivity contribution < 1.29 is 23.4 Å². The minimum absolute atomic E-state index is 0.0744. The Morgan fingerprint density at radius 3 is 1.45 bits per heavy atom. The summed E-state index contributed by atoms with van der Waals surface area (Å²) < 4.78 is 35.3. The number of ether oxygens (including phenoxy) is 1. The molecular formula is C42H56N4O5S2. The molecule has 4 unspecified atom stereocenters. The maximum atomic E-state index is 12.8. The number of nitrogens with zero attached hydrogens (tertiary/aromatic N) is 4. The first-order valence-corrected chi connectivity index (χ1v) is 20.8. The highest BCUT2D eigenvalue weighted by atomic mass is 32.2. The number of morpholine rings is 2. The Labute approximate surface area is 321 Å². The second-order valence-electron chi connectivity index (χ2n) is 14.7. The number of sulfonamides is 1. The molecule has 0 aliphatic carbocycles. The lowest BCUT2D eigenvalue weighted by Crippen LogP contribution is -2.60. The zero-order valence-electron chi connectivity index (χ0n) is 31.2. The van der Waals surface area contributed by atoms with Crippen molar-refractivity contribution in [1.82, 2.24) is 18.4 Å². The van der Waals surface area contributed by atoms with Crippen LogP contribution in [0.25, 0.3) is 0 Å². The Morgan fingerprint density at radius 2 is 1.00 bits per heavy atom. The molecule has 3 aliphatic heterocycles. The number of β-amino-alcohol motifs (C(OH)–C–C–N with tert-alkyl or cyclic N) is 2. The summed E-state index contributed by atoms with van der Waals surface area (Å²) in [6.45, 7) is 12.7. The van der Waals surface area contributed by atoms with Crippen LogP contribution in [-0.2, 0) is 27.8 Å². The van der Waals surface area contributed by atoms with E-state index in [1.54, 1.807) is 40.5 Å². The average Bonchev–Trinajstić information content (AvgIpc) is 3.12. The van der Waals surface area contributed by atoms with Crippen molar-refractivity contribution in [2.24, 2.45) is 5.92 Å². The van der Waals surface area contributed by atoms with E-state index in [4.69, 9.17) is 4.74 Å². The summed E-state index contributed by atoms with van der Waals surface area (Å²) in [6, 6.07) is 39.3. The lowest BCUT2D eigenvalue weighted by atomic mass is 10.1. The standard InChI is InChI=1S/C19H22N2O3S.C19H24N2O2S.C4H10/c22-25(23,19-9-5-2-6-10-19)21-14-17-12-20(13-18(15-21)24-17)11-16-7-3-1-4-8-16;22-17-12-20(11-16-7-3-1-4-8-16)13-18(23)15-21(14-17)24-19-9-5-2-6-10-19;1-4(2)3/h1-10,17-18H,11-15H2;1-10,17-18,22-23H,11-15H2;4H,1-3H3. The van der Waals surface area contributed by atoms with Gasteiger partial charge in [-0.2, -0.15) is 4.31 Å². The van der Waals surface area contributed by atoms with Crippen molar-refractivity contribution >= 4 is 22.0 Å². The summed E-state index contributed by atoms with van der Waals surface area (Å²) in [7, 11) is -3.45. The lowest BCUT2D eigenvalue weighted by Gasteiger charge is -2.45. The molecule has 53 heavy (non-hydrogen) atoms. The molecule has 2 N–H and O–H groups in total. The Bertz CT molecular complexity index is 1640. The van der Waals surface area contributed by atoms with Crippen LogP contribution in [0.4, 0.5) is 0 Å². The monoisotopic (exact) mass is 760 g/mol. The largest absolute Gasteiger partial charge is 0.390 e. The van der Waals surface area contributed by atoms with E-state index in [9.17, 15) is 18.6 Å². The molecule has 3 fully saturated rings. The van der Waals surface area contributed by atoms with Crippen LogP contribution in [0.3, 0.4) is 0 Å². The van der Waals surface area contributed by atoms with Gasteiger partial charge in [0.2, 0.25) is 10.0 Å². The van der Waals surface area contributed by atoms with Gasteiger partial charge < -0.3 is 14.9 Å². The van der Waals surface area contributed by atoms with E-state index < -0.39 is 22.2 Å². The first-order chi connectivity index (χ1) is 25.5. The quantitative estimate of drug-likeness (QED) is 0.215. The second kappa shape index (κ2) is 20.5. The molecule has 11 heteroatoms. The number of aliphatic hydroxyl groups excluding tert-OH is 2. The van der Waals surface area contributed by atoms with Crippen molar-refractivity contribution in [2.75, 3.05) is 52.4 Å². The number of fused-ring (bicyclic) bond motifs is 2. The van der Waals surface area contributed by atoms with Crippen LogP contribution in [0, 0.1) is 5.92 Å². The van der Waals surface area contributed by atoms with Gasteiger partial charge in [0.15, 0.2) is 0 Å². The minimum Gasteiger partial charge on any atom is -0.390 e. The van der Waals surface area contributed by atoms with Crippen LogP contribution in [0.15, 0.2) is 131 Å². The Hall–Kier alpha value is -3.10. The molecule has 0 spiro atoms. The van der Waals surface area contributed by atoms with Crippen LogP contribution in [-0.4, -0.2) is 114 Å². The predicted molar refractivity (Wildman–Crippen MR) is 214 cm³/mol. The van der Waals surface area contributed by atoms with Crippen molar-refractivity contribution in [3.63, 3.8) is 0 Å². The average molecular weight is 761 g/mol. The molecule has 286 valence electrons. The molecule has 9 nitrogen and oxygen atoms in total. The van der Waals surface area contributed by atoms with Crippen LogP contribution in [0.1, 0.15) is 31.9 Å². The van der Waals surface area contributed by atoms with E-state index in [1.165, 1.54) is 11.1 Å². The van der Waals surface area contributed by atoms with E-state index in [0.29, 0.717) is 44.2 Å². The fourth-order valence-corrected chi connectivity index (χ4v) is 9.25. The van der Waals surface area contributed by atoms with Crippen molar-refractivity contribution in [3.05, 3.63) is 132 Å². The molecule has 3 aliphatic rings. The van der Waals surface area contributed by atoms with Crippen molar-refractivity contribution in [1.29, 1.82) is 0 Å². The van der Waals surface area contributed by atoms with E-state index in [2.05, 4.69) is 59.1 Å². The summed E-state index contributed by atoms with van der Waals surface area (Å²) in [6.07, 6.45) is -1.01. The number of aliphatic hydroxyl groups is 2. The fourth-order valence-electron chi connectivity index (χ4n) is 6.65. The summed E-state index contributed by atoms with van der Waals surface area (Å²) in [4.78, 5) is 5.98. The van der Waals surface area contributed by atoms with Crippen molar-refractivity contribution in [3.8, 4) is 0 Å². The van der Waals surface area contributed by atoms with Gasteiger partial charge in [-0.3, -0.25) is 9.80 Å². The Morgan fingerprint density at radius 1 is 0.604 bits per heavy atom. The Kier molecular flexibility index (Phi) is 15.9. The number of hydrogen-bond donors (Lipinski definition) is 2. The van der Waals surface area contributed by atoms with E-state index in [1.807, 2.05) is 72.8 Å². The van der Waals surface area contributed by atoms with Gasteiger partial charge in [-0.25, -0.2) is 12.7 Å². The third kappa shape index (κ3) is 13.6. The predicted octanol–water partition coefficient (Wildman–Crippen LogP) is 5.86. The third-order valence-corrected chi connectivity index (χ3v) is 11.6. The third-order valence-electron chi connectivity index (χ3n) is 8.75. The normalized spacial score (nSPS) is 23.1. The van der Waals surface area contributed by atoms with Gasteiger partial charge in [0, 0.05) is 70.3 Å². The topological polar surface area (TPSA) is 96.8 Å². The van der Waals surface area contributed by atoms with Crippen molar-refractivity contribution in [2.45, 2.75) is 68.1 Å². The van der Waals surface area contributed by atoms with Gasteiger partial charge in [0.1, 0.15) is 0 Å². The number of hydrogen-bond acceptors (Lipinski definition) is 9. The second-order valence-corrected chi connectivity index (χ2v) is 17.8. The zero-order valence-corrected chi connectivity index (χ0v) is 32.9. The first kappa shape index (κ1) is 41.1. The molecular weight excluding hydrogens is 705 g/mol. The number of benzene rings is 4. The van der Waals surface area contributed by atoms with Gasteiger partial charge in [0.25, 0.3) is 0 Å². The number of rotatable bonds is 8. The zero-order chi connectivity index (χ0) is 37.6. The van der Waals surface area contributed by atoms with Crippen LogP contribution in [0.5, 0.6) is 0 Å². The van der Waals surface area contributed by atoms with Crippen LogP contribution in [0.2, 0.25) is 0 Å². The van der Waals surface area contributed by atoms with E-state index >= 15 is 0 Å². The molecule has 4 atom stereocenters. The summed E-state index contributed by atoms with van der Waals surface area (Å²) >= 11 is 1.59. The molecule has 0 radical (unpaired) electrons. The molecule has 7 rings (SSSR count). The van der Waals surface area contributed by atoms with E-state index in [-0.39, 0.29) is 12.2 Å².